The van der Waals surface area contributed by atoms with Gasteiger partial charge in [-0.2, -0.15) is 0 Å². The highest BCUT2D eigenvalue weighted by Gasteiger charge is 2.35. The normalized spacial score (nSPS) is 19.5. The zero-order valence-electron chi connectivity index (χ0n) is 23.0. The standard InChI is InChI=1S/C27H34ClN7O3S.ClH/c1-27(2,3)33-26(38)35-10-8-18(30-23(36)20-12-15-11-16(28)5-6-17(15)29-20)21(13-35)31-24(37)25-32-19-7-9-34(4)14-22(19)39-25;/h5-6,11-12,18,21,29H,7-10,13-14H2,1-4H3,(H,30,36)(H,31,37)(H,33,38);1H/t18-,21+;/m0./s1. The third kappa shape index (κ3) is 6.88. The summed E-state index contributed by atoms with van der Waals surface area (Å²) < 4.78 is 0. The van der Waals surface area contributed by atoms with Gasteiger partial charge >= 0.3 is 6.03 Å². The number of aromatic nitrogens is 2. The molecule has 5 rings (SSSR count). The van der Waals surface area contributed by atoms with E-state index in [1.807, 2.05) is 26.8 Å². The van der Waals surface area contributed by atoms with Crippen LogP contribution in [0.2, 0.25) is 5.02 Å². The first kappa shape index (κ1) is 30.1. The van der Waals surface area contributed by atoms with Crippen molar-refractivity contribution in [3.05, 3.63) is 50.6 Å². The molecule has 0 unspecified atom stereocenters. The van der Waals surface area contributed by atoms with E-state index >= 15 is 0 Å². The number of thiazole rings is 1. The molecule has 0 bridgehead atoms. The smallest absolute Gasteiger partial charge is 0.317 e. The molecular formula is C27H35Cl2N7O3S. The molecule has 2 atom stereocenters. The van der Waals surface area contributed by atoms with Crippen LogP contribution in [0.3, 0.4) is 0 Å². The lowest BCUT2D eigenvalue weighted by atomic mass is 9.98. The number of hydrogen-bond donors (Lipinski definition) is 4. The molecule has 0 aliphatic carbocycles. The zero-order chi connectivity index (χ0) is 27.9. The lowest BCUT2D eigenvalue weighted by Gasteiger charge is -2.40. The second kappa shape index (κ2) is 11.9. The molecule has 0 radical (unpaired) electrons. The molecule has 1 aromatic carbocycles. The first-order valence-electron chi connectivity index (χ1n) is 13.1. The fraction of sp³-hybridized carbons (Fsp3) is 0.481. The van der Waals surface area contributed by atoms with E-state index in [9.17, 15) is 14.4 Å². The molecule has 0 saturated carbocycles. The Hall–Kier alpha value is -2.86. The summed E-state index contributed by atoms with van der Waals surface area (Å²) in [5.74, 6) is -0.577. The van der Waals surface area contributed by atoms with Crippen LogP contribution in [-0.2, 0) is 13.0 Å². The van der Waals surface area contributed by atoms with Crippen molar-refractivity contribution in [2.24, 2.45) is 0 Å². The lowest BCUT2D eigenvalue weighted by Crippen LogP contribution is -2.63. The summed E-state index contributed by atoms with van der Waals surface area (Å²) in [5.41, 5.74) is 1.79. The summed E-state index contributed by atoms with van der Waals surface area (Å²) in [6, 6.07) is 6.07. The van der Waals surface area contributed by atoms with Gasteiger partial charge in [0.1, 0.15) is 5.69 Å². The van der Waals surface area contributed by atoms with Crippen molar-refractivity contribution in [3.8, 4) is 0 Å². The van der Waals surface area contributed by atoms with Crippen LogP contribution < -0.4 is 16.0 Å². The molecule has 3 aromatic rings. The summed E-state index contributed by atoms with van der Waals surface area (Å²) in [4.78, 5) is 52.3. The van der Waals surface area contributed by atoms with Crippen molar-refractivity contribution < 1.29 is 14.4 Å². The number of rotatable bonds is 4. The van der Waals surface area contributed by atoms with Crippen LogP contribution >= 0.6 is 35.3 Å². The number of benzene rings is 1. The quantitative estimate of drug-likeness (QED) is 0.359. The number of likely N-dealkylation sites (N-methyl/N-ethyl adjacent to an activating group) is 1. The molecule has 216 valence electrons. The number of likely N-dealkylation sites (tertiary alicyclic amines) is 1. The molecule has 1 saturated heterocycles. The van der Waals surface area contributed by atoms with E-state index in [1.165, 1.54) is 11.3 Å². The highest BCUT2D eigenvalue weighted by atomic mass is 35.5. The number of nitrogens with zero attached hydrogens (tertiary/aromatic N) is 3. The average molecular weight is 609 g/mol. The van der Waals surface area contributed by atoms with Crippen molar-refractivity contribution in [2.45, 2.75) is 57.8 Å². The van der Waals surface area contributed by atoms with Gasteiger partial charge in [0.15, 0.2) is 5.01 Å². The van der Waals surface area contributed by atoms with Crippen LogP contribution in [0.15, 0.2) is 24.3 Å². The number of aromatic amines is 1. The second-order valence-corrected chi connectivity index (χ2v) is 12.9. The van der Waals surface area contributed by atoms with Gasteiger partial charge in [0.25, 0.3) is 11.8 Å². The molecule has 0 spiro atoms. The summed E-state index contributed by atoms with van der Waals surface area (Å²) in [6.07, 6.45) is 1.30. The molecule has 2 aliphatic heterocycles. The maximum Gasteiger partial charge on any atom is 0.317 e. The number of halogens is 2. The number of hydrogen-bond acceptors (Lipinski definition) is 6. The van der Waals surface area contributed by atoms with Crippen molar-refractivity contribution in [1.29, 1.82) is 0 Å². The molecule has 10 nitrogen and oxygen atoms in total. The Morgan fingerprint density at radius 3 is 2.60 bits per heavy atom. The van der Waals surface area contributed by atoms with Crippen molar-refractivity contribution in [1.82, 2.24) is 35.7 Å². The van der Waals surface area contributed by atoms with E-state index in [2.05, 4.69) is 37.9 Å². The van der Waals surface area contributed by atoms with Gasteiger partial charge in [0.05, 0.1) is 17.8 Å². The molecule has 13 heteroatoms. The molecule has 4 amide bonds. The SMILES string of the molecule is CN1CCc2nc(C(=O)N[C@@H]3CN(C(=O)NC(C)(C)C)CC[C@@H]3NC(=O)c3cc4cc(Cl)ccc4[nH]3)sc2C1.Cl. The van der Waals surface area contributed by atoms with E-state index in [0.717, 1.165) is 41.0 Å². The largest absolute Gasteiger partial charge is 0.351 e. The van der Waals surface area contributed by atoms with Crippen LogP contribution in [-0.4, -0.2) is 81.9 Å². The predicted molar refractivity (Wildman–Crippen MR) is 160 cm³/mol. The molecule has 2 aromatic heterocycles. The Bertz CT molecular complexity index is 1420. The summed E-state index contributed by atoms with van der Waals surface area (Å²) >= 11 is 7.51. The highest BCUT2D eigenvalue weighted by Crippen LogP contribution is 2.25. The maximum absolute atomic E-state index is 13.3. The van der Waals surface area contributed by atoms with Crippen LogP contribution in [0.4, 0.5) is 4.79 Å². The minimum Gasteiger partial charge on any atom is -0.351 e. The summed E-state index contributed by atoms with van der Waals surface area (Å²) in [5, 5.41) is 11.0. The van der Waals surface area contributed by atoms with Crippen LogP contribution in [0, 0.1) is 0 Å². The molecular weight excluding hydrogens is 573 g/mol. The number of carbonyl (C=O) groups is 3. The van der Waals surface area contributed by atoms with Gasteiger partial charge in [-0.05, 0) is 58.5 Å². The van der Waals surface area contributed by atoms with E-state index < -0.39 is 11.6 Å². The van der Waals surface area contributed by atoms with Gasteiger partial charge in [-0.1, -0.05) is 11.6 Å². The molecule has 40 heavy (non-hydrogen) atoms. The molecule has 1 fully saturated rings. The van der Waals surface area contributed by atoms with Gasteiger partial charge in [0, 0.05) is 58.9 Å². The average Bonchev–Trinajstić information content (AvgIpc) is 3.47. The topological polar surface area (TPSA) is 122 Å². The maximum atomic E-state index is 13.3. The fourth-order valence-electron chi connectivity index (χ4n) is 4.98. The molecule has 2 aliphatic rings. The third-order valence-electron chi connectivity index (χ3n) is 6.96. The number of amides is 4. The lowest BCUT2D eigenvalue weighted by molar-refractivity contribution is 0.0823. The van der Waals surface area contributed by atoms with Gasteiger partial charge in [-0.25, -0.2) is 9.78 Å². The number of fused-ring (bicyclic) bond motifs is 2. The Morgan fingerprint density at radius 2 is 1.85 bits per heavy atom. The van der Waals surface area contributed by atoms with Crippen LogP contribution in [0.1, 0.15) is 58.1 Å². The fourth-order valence-corrected chi connectivity index (χ4v) is 6.25. The minimum atomic E-state index is -0.497. The van der Waals surface area contributed by atoms with Gasteiger partial charge in [-0.3, -0.25) is 9.59 Å². The third-order valence-corrected chi connectivity index (χ3v) is 8.27. The van der Waals surface area contributed by atoms with E-state index in [1.54, 1.807) is 23.1 Å². The first-order chi connectivity index (χ1) is 18.4. The number of H-pyrrole nitrogens is 1. The number of urea groups is 1. The van der Waals surface area contributed by atoms with Gasteiger partial charge in [0.2, 0.25) is 0 Å². The number of nitrogens with one attached hydrogen (secondary N) is 4. The Kier molecular flexibility index (Phi) is 8.99. The summed E-state index contributed by atoms with van der Waals surface area (Å²) in [6.45, 7) is 8.16. The predicted octanol–water partition coefficient (Wildman–Crippen LogP) is 3.80. The molecule has 4 N–H and O–H groups in total. The number of piperidine rings is 1. The second-order valence-electron chi connectivity index (χ2n) is 11.4. The number of carbonyl (C=O) groups excluding carboxylic acids is 3. The van der Waals surface area contributed by atoms with Crippen molar-refractivity contribution in [3.63, 3.8) is 0 Å². The first-order valence-corrected chi connectivity index (χ1v) is 14.3. The van der Waals surface area contributed by atoms with E-state index in [-0.39, 0.29) is 42.8 Å². The minimum absolute atomic E-state index is 0. The Morgan fingerprint density at radius 1 is 1.10 bits per heavy atom. The Labute approximate surface area is 248 Å². The monoisotopic (exact) mass is 607 g/mol. The van der Waals surface area contributed by atoms with E-state index in [0.29, 0.717) is 28.7 Å². The van der Waals surface area contributed by atoms with E-state index in [4.69, 9.17) is 11.6 Å². The van der Waals surface area contributed by atoms with Crippen molar-refractivity contribution in [2.75, 3.05) is 26.7 Å². The Balaban J connectivity index is 0.00000370. The van der Waals surface area contributed by atoms with Crippen LogP contribution in [0.5, 0.6) is 0 Å². The summed E-state index contributed by atoms with van der Waals surface area (Å²) in [7, 11) is 2.05. The van der Waals surface area contributed by atoms with Crippen molar-refractivity contribution >= 4 is 64.1 Å². The van der Waals surface area contributed by atoms with Gasteiger partial charge < -0.3 is 30.7 Å². The van der Waals surface area contributed by atoms with Crippen LogP contribution in [0.25, 0.3) is 10.9 Å². The zero-order valence-corrected chi connectivity index (χ0v) is 25.4. The highest BCUT2D eigenvalue weighted by molar-refractivity contribution is 7.13. The molecule has 4 heterocycles. The van der Waals surface area contributed by atoms with Gasteiger partial charge in [-0.15, -0.1) is 23.7 Å².